The summed E-state index contributed by atoms with van der Waals surface area (Å²) in [7, 11) is 0. The minimum absolute atomic E-state index is 0.118. The lowest BCUT2D eigenvalue weighted by atomic mass is 10.1. The molecule has 0 saturated heterocycles. The first-order chi connectivity index (χ1) is 16.6. The molecule has 1 amide bonds. The van der Waals surface area contributed by atoms with Crippen LogP contribution in [-0.2, 0) is 17.0 Å². The van der Waals surface area contributed by atoms with Crippen molar-refractivity contribution < 1.29 is 4.79 Å². The van der Waals surface area contributed by atoms with Gasteiger partial charge in [-0.2, -0.15) is 4.68 Å². The average molecular weight is 470 g/mol. The third-order valence-corrected chi connectivity index (χ3v) is 6.13. The third kappa shape index (κ3) is 4.46. The molecule has 34 heavy (non-hydrogen) atoms. The highest BCUT2D eigenvalue weighted by Gasteiger charge is 2.15. The summed E-state index contributed by atoms with van der Waals surface area (Å²) in [6, 6.07) is 23.0. The van der Waals surface area contributed by atoms with E-state index in [1.165, 1.54) is 26.9 Å². The molecular weight excluding hydrogens is 450 g/mol. The van der Waals surface area contributed by atoms with Crippen LogP contribution in [0, 0.1) is 0 Å². The van der Waals surface area contributed by atoms with E-state index in [2.05, 4.69) is 15.4 Å². The zero-order valence-corrected chi connectivity index (χ0v) is 18.7. The standard InChI is InChI=1S/C25H19N5O3S/c31-22(14-17-8-2-1-3-9-17)28-30-24(33)19-10-4-5-11-20(19)27-25(30)34-16-18-15-23(32)29-13-7-6-12-21(29)26-18/h1-13,15H,14,16H2,(H,28,31). The van der Waals surface area contributed by atoms with Gasteiger partial charge in [0.2, 0.25) is 5.91 Å². The minimum atomic E-state index is -0.374. The number of para-hydroxylation sites is 1. The third-order valence-electron chi connectivity index (χ3n) is 5.16. The van der Waals surface area contributed by atoms with Crippen LogP contribution in [0.2, 0.25) is 0 Å². The molecular formula is C25H19N5O3S. The summed E-state index contributed by atoms with van der Waals surface area (Å²) >= 11 is 1.22. The molecule has 3 heterocycles. The molecule has 0 saturated carbocycles. The highest BCUT2D eigenvalue weighted by atomic mass is 32.2. The van der Waals surface area contributed by atoms with E-state index in [0.717, 1.165) is 5.56 Å². The zero-order valence-electron chi connectivity index (χ0n) is 17.9. The number of aromatic nitrogens is 4. The van der Waals surface area contributed by atoms with Crippen molar-refractivity contribution in [1.29, 1.82) is 0 Å². The Morgan fingerprint density at radius 3 is 2.53 bits per heavy atom. The van der Waals surface area contributed by atoms with Crippen LogP contribution in [0.5, 0.6) is 0 Å². The van der Waals surface area contributed by atoms with Crippen molar-refractivity contribution in [2.24, 2.45) is 0 Å². The van der Waals surface area contributed by atoms with Gasteiger partial charge in [-0.25, -0.2) is 9.97 Å². The molecule has 2 aromatic carbocycles. The molecule has 9 heteroatoms. The van der Waals surface area contributed by atoms with Crippen molar-refractivity contribution in [3.63, 3.8) is 0 Å². The predicted molar refractivity (Wildman–Crippen MR) is 132 cm³/mol. The van der Waals surface area contributed by atoms with E-state index in [9.17, 15) is 14.4 Å². The van der Waals surface area contributed by atoms with Gasteiger partial charge in [-0.05, 0) is 29.8 Å². The van der Waals surface area contributed by atoms with E-state index in [1.807, 2.05) is 36.4 Å². The molecule has 0 aliphatic rings. The Morgan fingerprint density at radius 1 is 0.912 bits per heavy atom. The van der Waals surface area contributed by atoms with Gasteiger partial charge in [0.05, 0.1) is 23.0 Å². The number of carbonyl (C=O) groups excluding carboxylic acids is 1. The number of pyridine rings is 1. The van der Waals surface area contributed by atoms with E-state index in [0.29, 0.717) is 33.2 Å². The lowest BCUT2D eigenvalue weighted by Gasteiger charge is -2.14. The van der Waals surface area contributed by atoms with Crippen molar-refractivity contribution in [3.05, 3.63) is 117 Å². The smallest absolute Gasteiger partial charge is 0.273 e. The number of fused-ring (bicyclic) bond motifs is 2. The van der Waals surface area contributed by atoms with Gasteiger partial charge >= 0.3 is 0 Å². The maximum Gasteiger partial charge on any atom is 0.281 e. The molecule has 8 nitrogen and oxygen atoms in total. The zero-order chi connectivity index (χ0) is 23.5. The second kappa shape index (κ2) is 9.32. The molecule has 5 aromatic rings. The first kappa shape index (κ1) is 21.6. The van der Waals surface area contributed by atoms with Crippen LogP contribution < -0.4 is 16.5 Å². The second-order valence-electron chi connectivity index (χ2n) is 7.55. The Bertz CT molecular complexity index is 1630. The number of nitrogens with one attached hydrogen (secondary N) is 1. The summed E-state index contributed by atoms with van der Waals surface area (Å²) in [5.41, 5.74) is 4.56. The number of nitrogens with zero attached hydrogens (tertiary/aromatic N) is 4. The van der Waals surface area contributed by atoms with Crippen molar-refractivity contribution >= 4 is 34.2 Å². The van der Waals surface area contributed by atoms with Gasteiger partial charge < -0.3 is 0 Å². The van der Waals surface area contributed by atoms with E-state index < -0.39 is 0 Å². The molecule has 0 bridgehead atoms. The number of thioether (sulfide) groups is 1. The van der Waals surface area contributed by atoms with Crippen LogP contribution >= 0.6 is 11.8 Å². The maximum absolute atomic E-state index is 13.2. The molecule has 5 rings (SSSR count). The summed E-state index contributed by atoms with van der Waals surface area (Å²) in [4.78, 5) is 47.5. The van der Waals surface area contributed by atoms with E-state index >= 15 is 0 Å². The van der Waals surface area contributed by atoms with E-state index in [4.69, 9.17) is 0 Å². The molecule has 0 radical (unpaired) electrons. The van der Waals surface area contributed by atoms with Crippen molar-refractivity contribution in [2.45, 2.75) is 17.3 Å². The summed E-state index contributed by atoms with van der Waals surface area (Å²) in [5.74, 6) is -0.0470. The summed E-state index contributed by atoms with van der Waals surface area (Å²) in [6.45, 7) is 0. The largest absolute Gasteiger partial charge is 0.281 e. The molecule has 168 valence electrons. The fourth-order valence-corrected chi connectivity index (χ4v) is 4.41. The Kier molecular flexibility index (Phi) is 5.92. The van der Waals surface area contributed by atoms with Crippen LogP contribution in [0.25, 0.3) is 16.6 Å². The van der Waals surface area contributed by atoms with Gasteiger partial charge in [-0.1, -0.05) is 60.3 Å². The first-order valence-electron chi connectivity index (χ1n) is 10.5. The van der Waals surface area contributed by atoms with Crippen LogP contribution in [-0.4, -0.2) is 25.0 Å². The highest BCUT2D eigenvalue weighted by molar-refractivity contribution is 7.98. The SMILES string of the molecule is O=C(Cc1ccccc1)Nn1c(SCc2cc(=O)n3ccccc3n2)nc2ccccc2c1=O. The lowest BCUT2D eigenvalue weighted by molar-refractivity contribution is -0.116. The molecule has 0 fully saturated rings. The van der Waals surface area contributed by atoms with Gasteiger partial charge in [-0.3, -0.25) is 24.2 Å². The molecule has 3 aromatic heterocycles. The monoisotopic (exact) mass is 469 g/mol. The number of hydrogen-bond donors (Lipinski definition) is 1. The summed E-state index contributed by atoms with van der Waals surface area (Å²) in [5, 5.41) is 0.703. The number of amides is 1. The Morgan fingerprint density at radius 2 is 1.68 bits per heavy atom. The number of benzene rings is 2. The number of rotatable bonds is 6. The fraction of sp³-hybridized carbons (Fsp3) is 0.0800. The van der Waals surface area contributed by atoms with Gasteiger partial charge in [0, 0.05) is 18.0 Å². The molecule has 0 unspecified atom stereocenters. The topological polar surface area (TPSA) is 98.4 Å². The maximum atomic E-state index is 13.2. The molecule has 0 aliphatic carbocycles. The number of carbonyl (C=O) groups is 1. The lowest BCUT2D eigenvalue weighted by Crippen LogP contribution is -2.35. The Hall–Kier alpha value is -4.24. The Balaban J connectivity index is 1.47. The molecule has 0 atom stereocenters. The minimum Gasteiger partial charge on any atom is -0.273 e. The Labute approximate surface area is 197 Å². The van der Waals surface area contributed by atoms with Crippen molar-refractivity contribution in [3.8, 4) is 0 Å². The quantitative estimate of drug-likeness (QED) is 0.303. The average Bonchev–Trinajstić information content (AvgIpc) is 2.85. The van der Waals surface area contributed by atoms with E-state index in [-0.39, 0.29) is 23.4 Å². The van der Waals surface area contributed by atoms with Gasteiger partial charge in [0.25, 0.3) is 11.1 Å². The normalized spacial score (nSPS) is 11.1. The van der Waals surface area contributed by atoms with Crippen LogP contribution in [0.15, 0.2) is 99.8 Å². The van der Waals surface area contributed by atoms with Gasteiger partial charge in [0.1, 0.15) is 5.65 Å². The van der Waals surface area contributed by atoms with Crippen molar-refractivity contribution in [1.82, 2.24) is 19.0 Å². The van der Waals surface area contributed by atoms with Gasteiger partial charge in [0.15, 0.2) is 5.16 Å². The summed E-state index contributed by atoms with van der Waals surface area (Å²) in [6.07, 6.45) is 1.78. The van der Waals surface area contributed by atoms with Crippen molar-refractivity contribution in [2.75, 3.05) is 5.43 Å². The fourth-order valence-electron chi connectivity index (χ4n) is 3.57. The highest BCUT2D eigenvalue weighted by Crippen LogP contribution is 2.21. The van der Waals surface area contributed by atoms with Crippen LogP contribution in [0.4, 0.5) is 0 Å². The van der Waals surface area contributed by atoms with E-state index in [1.54, 1.807) is 42.6 Å². The molecule has 1 N–H and O–H groups in total. The molecule has 0 spiro atoms. The second-order valence-corrected chi connectivity index (χ2v) is 8.50. The summed E-state index contributed by atoms with van der Waals surface area (Å²) < 4.78 is 2.63. The first-order valence-corrected chi connectivity index (χ1v) is 11.5. The van der Waals surface area contributed by atoms with Crippen LogP contribution in [0.3, 0.4) is 0 Å². The number of hydrogen-bond acceptors (Lipinski definition) is 6. The van der Waals surface area contributed by atoms with Gasteiger partial charge in [-0.15, -0.1) is 0 Å². The van der Waals surface area contributed by atoms with Crippen LogP contribution in [0.1, 0.15) is 11.3 Å². The molecule has 0 aliphatic heterocycles. The predicted octanol–water partition coefficient (Wildman–Crippen LogP) is 3.01.